The van der Waals surface area contributed by atoms with E-state index in [9.17, 15) is 27.9 Å². The van der Waals surface area contributed by atoms with Gasteiger partial charge in [-0.25, -0.2) is 0 Å². The van der Waals surface area contributed by atoms with E-state index in [1.165, 1.54) is 28.8 Å². The minimum Gasteiger partial charge on any atom is -0.506 e. The van der Waals surface area contributed by atoms with Crippen molar-refractivity contribution in [2.75, 3.05) is 0 Å². The summed E-state index contributed by atoms with van der Waals surface area (Å²) in [4.78, 5) is 24.5. The number of hydrogen-bond donors (Lipinski definition) is 2. The van der Waals surface area contributed by atoms with Gasteiger partial charge in [-0.1, -0.05) is 11.6 Å². The van der Waals surface area contributed by atoms with E-state index in [1.54, 1.807) is 6.92 Å². The fourth-order valence-corrected chi connectivity index (χ4v) is 3.23. The maximum Gasteiger partial charge on any atom is 0.573 e. The summed E-state index contributed by atoms with van der Waals surface area (Å²) in [5.41, 5.74) is 6.51. The largest absolute Gasteiger partial charge is 0.573 e. The lowest BCUT2D eigenvalue weighted by Crippen LogP contribution is -2.18. The molecule has 6 nitrogen and oxygen atoms in total. The number of aromatic hydroxyl groups is 1. The van der Waals surface area contributed by atoms with Crippen LogP contribution in [0.25, 0.3) is 10.9 Å². The highest BCUT2D eigenvalue weighted by Crippen LogP contribution is 2.35. The first-order valence-electron chi connectivity index (χ1n) is 8.19. The lowest BCUT2D eigenvalue weighted by molar-refractivity contribution is -0.274. The van der Waals surface area contributed by atoms with Gasteiger partial charge in [0.15, 0.2) is 0 Å². The lowest BCUT2D eigenvalue weighted by Gasteiger charge is -2.10. The third-order valence-electron chi connectivity index (χ3n) is 4.29. The first-order valence-corrected chi connectivity index (χ1v) is 8.57. The smallest absolute Gasteiger partial charge is 0.506 e. The van der Waals surface area contributed by atoms with Gasteiger partial charge in [-0.3, -0.25) is 14.2 Å². The molecule has 152 valence electrons. The van der Waals surface area contributed by atoms with E-state index in [0.29, 0.717) is 22.2 Å². The highest BCUT2D eigenvalue weighted by molar-refractivity contribution is 6.33. The summed E-state index contributed by atoms with van der Waals surface area (Å²) in [5.74, 6) is -1.90. The number of halogens is 4. The molecule has 0 fully saturated rings. The molecule has 0 atom stereocenters. The molecule has 10 heteroatoms. The Labute approximate surface area is 167 Å². The topological polar surface area (TPSA) is 94.5 Å². The molecule has 0 radical (unpaired) electrons. The second kappa shape index (κ2) is 7.32. The van der Waals surface area contributed by atoms with Gasteiger partial charge >= 0.3 is 6.36 Å². The fourth-order valence-electron chi connectivity index (χ4n) is 3.08. The van der Waals surface area contributed by atoms with Gasteiger partial charge in [-0.2, -0.15) is 0 Å². The van der Waals surface area contributed by atoms with Crippen LogP contribution < -0.4 is 10.5 Å². The average Bonchev–Trinajstić information content (AvgIpc) is 2.85. The van der Waals surface area contributed by atoms with Crippen LogP contribution in [-0.4, -0.2) is 27.9 Å². The van der Waals surface area contributed by atoms with Gasteiger partial charge in [0, 0.05) is 16.6 Å². The predicted octanol–water partition coefficient (Wildman–Crippen LogP) is 3.92. The summed E-state index contributed by atoms with van der Waals surface area (Å²) >= 11 is 5.97. The van der Waals surface area contributed by atoms with Crippen molar-refractivity contribution in [3.8, 4) is 11.5 Å². The predicted molar refractivity (Wildman–Crippen MR) is 99.1 cm³/mol. The monoisotopic (exact) mass is 426 g/mol. The van der Waals surface area contributed by atoms with Crippen molar-refractivity contribution in [3.63, 3.8) is 0 Å². The zero-order valence-corrected chi connectivity index (χ0v) is 15.6. The lowest BCUT2D eigenvalue weighted by atomic mass is 10.1. The summed E-state index contributed by atoms with van der Waals surface area (Å²) in [7, 11) is 0. The molecule has 3 rings (SSSR count). The maximum atomic E-state index is 13.1. The zero-order valence-electron chi connectivity index (χ0n) is 14.9. The Bertz CT molecular complexity index is 1120. The summed E-state index contributed by atoms with van der Waals surface area (Å²) in [6.45, 7) is 1.59. The molecule has 1 aromatic heterocycles. The number of hydrogen-bond acceptors (Lipinski definition) is 4. The molecule has 3 N–H and O–H groups in total. The molecule has 0 aliphatic carbocycles. The van der Waals surface area contributed by atoms with Crippen molar-refractivity contribution in [1.29, 1.82) is 0 Å². The number of amides is 1. The molecule has 1 heterocycles. The SMILES string of the molecule is Cc1c(CC(N)=O)c2cc(O)c(Cl)cc2n1C(=O)c1ccc(OC(F)(F)F)cc1. The number of nitrogens with zero attached hydrogens (tertiary/aromatic N) is 1. The van der Waals surface area contributed by atoms with Gasteiger partial charge in [-0.15, -0.1) is 13.2 Å². The normalized spacial score (nSPS) is 11.6. The molecule has 0 unspecified atom stereocenters. The van der Waals surface area contributed by atoms with Gasteiger partial charge in [-0.05, 0) is 48.9 Å². The van der Waals surface area contributed by atoms with Crippen molar-refractivity contribution >= 4 is 34.3 Å². The first-order chi connectivity index (χ1) is 13.5. The van der Waals surface area contributed by atoms with Crippen LogP contribution in [0.4, 0.5) is 13.2 Å². The number of ether oxygens (including phenoxy) is 1. The molecular weight excluding hydrogens is 413 g/mol. The molecule has 29 heavy (non-hydrogen) atoms. The van der Waals surface area contributed by atoms with Gasteiger partial charge in [0.2, 0.25) is 5.91 Å². The van der Waals surface area contributed by atoms with Crippen LogP contribution in [0, 0.1) is 6.92 Å². The molecule has 1 amide bonds. The van der Waals surface area contributed by atoms with E-state index in [0.717, 1.165) is 12.1 Å². The molecule has 0 aliphatic rings. The number of phenolic OH excluding ortho intramolecular Hbond substituents is 1. The van der Waals surface area contributed by atoms with Crippen LogP contribution in [0.15, 0.2) is 36.4 Å². The van der Waals surface area contributed by atoms with E-state index >= 15 is 0 Å². The molecule has 0 saturated carbocycles. The number of fused-ring (bicyclic) bond motifs is 1. The number of nitrogens with two attached hydrogens (primary N) is 1. The summed E-state index contributed by atoms with van der Waals surface area (Å²) in [6, 6.07) is 7.10. The third kappa shape index (κ3) is 4.14. The Balaban J connectivity index is 2.11. The van der Waals surface area contributed by atoms with Crippen molar-refractivity contribution in [3.05, 3.63) is 58.2 Å². The quantitative estimate of drug-likeness (QED) is 0.661. The number of alkyl halides is 3. The van der Waals surface area contributed by atoms with E-state index in [1.807, 2.05) is 0 Å². The highest BCUT2D eigenvalue weighted by atomic mass is 35.5. The van der Waals surface area contributed by atoms with Crippen LogP contribution in [0.5, 0.6) is 11.5 Å². The Morgan fingerprint density at radius 2 is 1.83 bits per heavy atom. The van der Waals surface area contributed by atoms with Crippen LogP contribution in [-0.2, 0) is 11.2 Å². The van der Waals surface area contributed by atoms with Crippen LogP contribution >= 0.6 is 11.6 Å². The molecule has 0 bridgehead atoms. The van der Waals surface area contributed by atoms with Gasteiger partial charge in [0.05, 0.1) is 17.0 Å². The summed E-state index contributed by atoms with van der Waals surface area (Å²) in [5, 5.41) is 10.3. The fraction of sp³-hybridized carbons (Fsp3) is 0.158. The minimum absolute atomic E-state index is 0.0106. The van der Waals surface area contributed by atoms with E-state index in [4.69, 9.17) is 17.3 Å². The number of primary amides is 1. The summed E-state index contributed by atoms with van der Waals surface area (Å²) < 4.78 is 42.0. The molecule has 2 aromatic carbocycles. The minimum atomic E-state index is -4.85. The highest BCUT2D eigenvalue weighted by Gasteiger charge is 2.31. The van der Waals surface area contributed by atoms with E-state index in [-0.39, 0.29) is 22.8 Å². The number of aromatic nitrogens is 1. The third-order valence-corrected chi connectivity index (χ3v) is 4.59. The Morgan fingerprint density at radius 3 is 2.38 bits per heavy atom. The van der Waals surface area contributed by atoms with Crippen molar-refractivity contribution < 1.29 is 32.6 Å². The zero-order chi connectivity index (χ0) is 21.5. The Hall–Kier alpha value is -3.20. The number of carbonyl (C=O) groups is 2. The molecule has 0 aliphatic heterocycles. The summed E-state index contributed by atoms with van der Waals surface area (Å²) in [6.07, 6.45) is -5.02. The Morgan fingerprint density at radius 1 is 1.21 bits per heavy atom. The molecule has 0 spiro atoms. The van der Waals surface area contributed by atoms with Crippen LogP contribution in [0.3, 0.4) is 0 Å². The van der Waals surface area contributed by atoms with Gasteiger partial charge < -0.3 is 15.6 Å². The molecule has 0 saturated heterocycles. The number of phenols is 1. The number of benzene rings is 2. The average molecular weight is 427 g/mol. The second-order valence-corrected chi connectivity index (χ2v) is 6.65. The first kappa shape index (κ1) is 20.5. The maximum absolute atomic E-state index is 13.1. The van der Waals surface area contributed by atoms with Gasteiger partial charge in [0.25, 0.3) is 5.91 Å². The number of rotatable bonds is 4. The van der Waals surface area contributed by atoms with Crippen LogP contribution in [0.1, 0.15) is 21.6 Å². The van der Waals surface area contributed by atoms with Crippen molar-refractivity contribution in [2.45, 2.75) is 19.7 Å². The number of carbonyl (C=O) groups excluding carboxylic acids is 2. The van der Waals surface area contributed by atoms with Crippen LogP contribution in [0.2, 0.25) is 5.02 Å². The Kier molecular flexibility index (Phi) is 5.18. The van der Waals surface area contributed by atoms with Crippen molar-refractivity contribution in [2.24, 2.45) is 5.73 Å². The van der Waals surface area contributed by atoms with E-state index < -0.39 is 23.9 Å². The van der Waals surface area contributed by atoms with Gasteiger partial charge in [0.1, 0.15) is 11.5 Å². The van der Waals surface area contributed by atoms with Crippen molar-refractivity contribution in [1.82, 2.24) is 4.57 Å². The van der Waals surface area contributed by atoms with E-state index in [2.05, 4.69) is 4.74 Å². The second-order valence-electron chi connectivity index (χ2n) is 6.24. The molecule has 3 aromatic rings. The molecular formula is C19H14ClF3N2O4. The standard InChI is InChI=1S/C19H14ClF3N2O4/c1-9-12(7-17(24)27)13-6-16(26)14(20)8-15(13)25(9)18(28)10-2-4-11(5-3-10)29-19(21,22)23/h2-6,8,26H,7H2,1H3,(H2,24,27).